The van der Waals surface area contributed by atoms with Gasteiger partial charge >= 0.3 is 5.97 Å². The van der Waals surface area contributed by atoms with Crippen LogP contribution in [0, 0.1) is 0 Å². The van der Waals surface area contributed by atoms with Crippen LogP contribution in [-0.2, 0) is 14.3 Å². The molecule has 1 aliphatic carbocycles. The quantitative estimate of drug-likeness (QED) is 0.784. The lowest BCUT2D eigenvalue weighted by Crippen LogP contribution is -2.48. The van der Waals surface area contributed by atoms with Crippen molar-refractivity contribution in [1.29, 1.82) is 0 Å². The molecule has 1 saturated heterocycles. The largest absolute Gasteiger partial charge is 0.481 e. The third kappa shape index (κ3) is 4.47. The third-order valence-corrected chi connectivity index (χ3v) is 4.42. The van der Waals surface area contributed by atoms with Crippen LogP contribution in [0.25, 0.3) is 0 Å². The minimum Gasteiger partial charge on any atom is -0.481 e. The Morgan fingerprint density at radius 3 is 2.55 bits per heavy atom. The minimum atomic E-state index is -0.831. The van der Waals surface area contributed by atoms with Crippen molar-refractivity contribution >= 4 is 11.9 Å². The first-order valence-electron chi connectivity index (χ1n) is 7.74. The molecule has 0 spiro atoms. The van der Waals surface area contributed by atoms with E-state index < -0.39 is 11.5 Å². The van der Waals surface area contributed by atoms with E-state index in [1.807, 2.05) is 0 Å². The van der Waals surface area contributed by atoms with Gasteiger partial charge in [-0.3, -0.25) is 9.59 Å². The van der Waals surface area contributed by atoms with Crippen molar-refractivity contribution in [3.63, 3.8) is 0 Å². The molecular weight excluding hydrogens is 258 g/mol. The first-order chi connectivity index (χ1) is 9.60. The SMILES string of the molecule is O=C(O)CC1(NC(=O)CCC2CCCCO2)CCCC1. The Morgan fingerprint density at radius 2 is 1.95 bits per heavy atom. The first kappa shape index (κ1) is 15.3. The molecule has 1 unspecified atom stereocenters. The highest BCUT2D eigenvalue weighted by Gasteiger charge is 2.37. The summed E-state index contributed by atoms with van der Waals surface area (Å²) in [4.78, 5) is 23.0. The number of amides is 1. The number of hydrogen-bond acceptors (Lipinski definition) is 3. The predicted octanol–water partition coefficient (Wildman–Crippen LogP) is 2.24. The zero-order valence-electron chi connectivity index (χ0n) is 12.0. The number of ether oxygens (including phenoxy) is 1. The monoisotopic (exact) mass is 283 g/mol. The molecule has 1 amide bonds. The summed E-state index contributed by atoms with van der Waals surface area (Å²) in [5.74, 6) is -0.856. The Kier molecular flexibility index (Phi) is 5.40. The second kappa shape index (κ2) is 7.07. The second-order valence-electron chi connectivity index (χ2n) is 6.13. The van der Waals surface area contributed by atoms with Gasteiger partial charge in [0.1, 0.15) is 0 Å². The van der Waals surface area contributed by atoms with Crippen LogP contribution in [0.5, 0.6) is 0 Å². The maximum Gasteiger partial charge on any atom is 0.305 e. The average Bonchev–Trinajstić information content (AvgIpc) is 2.85. The molecule has 0 aromatic carbocycles. The maximum atomic E-state index is 12.1. The van der Waals surface area contributed by atoms with Gasteiger partial charge in [-0.1, -0.05) is 12.8 Å². The number of hydrogen-bond donors (Lipinski definition) is 2. The van der Waals surface area contributed by atoms with Crippen LogP contribution in [0.3, 0.4) is 0 Å². The van der Waals surface area contributed by atoms with Gasteiger partial charge in [-0.15, -0.1) is 0 Å². The lowest BCUT2D eigenvalue weighted by atomic mass is 9.92. The lowest BCUT2D eigenvalue weighted by Gasteiger charge is -2.29. The molecule has 2 aliphatic rings. The van der Waals surface area contributed by atoms with Crippen LogP contribution >= 0.6 is 0 Å². The van der Waals surface area contributed by atoms with Crippen molar-refractivity contribution in [2.24, 2.45) is 0 Å². The van der Waals surface area contributed by atoms with E-state index >= 15 is 0 Å². The van der Waals surface area contributed by atoms with Crippen LogP contribution in [0.1, 0.15) is 64.2 Å². The summed E-state index contributed by atoms with van der Waals surface area (Å²) >= 11 is 0. The number of nitrogens with one attached hydrogen (secondary N) is 1. The van der Waals surface area contributed by atoms with E-state index in [1.54, 1.807) is 0 Å². The maximum absolute atomic E-state index is 12.1. The molecule has 1 aliphatic heterocycles. The Bertz CT molecular complexity index is 344. The van der Waals surface area contributed by atoms with Gasteiger partial charge in [0.25, 0.3) is 0 Å². The summed E-state index contributed by atoms with van der Waals surface area (Å²) in [6.45, 7) is 0.801. The molecule has 0 aromatic heterocycles. The number of rotatable bonds is 6. The molecule has 5 nitrogen and oxygen atoms in total. The molecule has 5 heteroatoms. The molecule has 1 heterocycles. The van der Waals surface area contributed by atoms with Crippen molar-refractivity contribution in [2.75, 3.05) is 6.61 Å². The number of aliphatic carboxylic acids is 1. The highest BCUT2D eigenvalue weighted by Crippen LogP contribution is 2.32. The molecule has 20 heavy (non-hydrogen) atoms. The number of carbonyl (C=O) groups excluding carboxylic acids is 1. The van der Waals surface area contributed by atoms with Gasteiger partial charge < -0.3 is 15.2 Å². The second-order valence-corrected chi connectivity index (χ2v) is 6.13. The zero-order chi connectivity index (χ0) is 14.4. The van der Waals surface area contributed by atoms with E-state index in [0.717, 1.165) is 51.6 Å². The van der Waals surface area contributed by atoms with Crippen molar-refractivity contribution in [3.05, 3.63) is 0 Å². The fourth-order valence-corrected chi connectivity index (χ4v) is 3.37. The fourth-order valence-electron chi connectivity index (χ4n) is 3.37. The average molecular weight is 283 g/mol. The molecule has 2 fully saturated rings. The van der Waals surface area contributed by atoms with Crippen LogP contribution in [-0.4, -0.2) is 35.2 Å². The summed E-state index contributed by atoms with van der Waals surface area (Å²) in [5.41, 5.74) is -0.504. The number of carboxylic acid groups (broad SMARTS) is 1. The summed E-state index contributed by atoms with van der Waals surface area (Å²) in [5, 5.41) is 12.0. The van der Waals surface area contributed by atoms with Gasteiger partial charge in [0.2, 0.25) is 5.91 Å². The highest BCUT2D eigenvalue weighted by molar-refractivity contribution is 5.78. The fraction of sp³-hybridized carbons (Fsp3) is 0.867. The zero-order valence-corrected chi connectivity index (χ0v) is 12.0. The van der Waals surface area contributed by atoms with Crippen molar-refractivity contribution < 1.29 is 19.4 Å². The van der Waals surface area contributed by atoms with Crippen LogP contribution in [0.4, 0.5) is 0 Å². The molecule has 0 bridgehead atoms. The predicted molar refractivity (Wildman–Crippen MR) is 74.4 cm³/mol. The molecule has 2 N–H and O–H groups in total. The molecule has 2 rings (SSSR count). The molecule has 0 aromatic rings. The normalized spacial score (nSPS) is 25.3. The number of carboxylic acids is 1. The van der Waals surface area contributed by atoms with Crippen LogP contribution in [0.15, 0.2) is 0 Å². The summed E-state index contributed by atoms with van der Waals surface area (Å²) in [6.07, 6.45) is 8.31. The first-order valence-corrected chi connectivity index (χ1v) is 7.74. The van der Waals surface area contributed by atoms with E-state index in [-0.39, 0.29) is 18.4 Å². The Balaban J connectivity index is 1.77. The topological polar surface area (TPSA) is 75.6 Å². The smallest absolute Gasteiger partial charge is 0.305 e. The van der Waals surface area contributed by atoms with Gasteiger partial charge in [0.05, 0.1) is 18.1 Å². The minimum absolute atomic E-state index is 0.0256. The number of carbonyl (C=O) groups is 2. The van der Waals surface area contributed by atoms with Gasteiger partial charge in [0, 0.05) is 13.0 Å². The summed E-state index contributed by atoms with van der Waals surface area (Å²) < 4.78 is 5.61. The van der Waals surface area contributed by atoms with E-state index in [0.29, 0.717) is 6.42 Å². The molecule has 114 valence electrons. The Morgan fingerprint density at radius 1 is 1.20 bits per heavy atom. The van der Waals surface area contributed by atoms with Gasteiger partial charge in [-0.05, 0) is 38.5 Å². The Labute approximate surface area is 120 Å². The Hall–Kier alpha value is -1.10. The standard InChI is InChI=1S/C15H25NO4/c17-13(7-6-12-5-1-4-10-20-12)16-15(11-14(18)19)8-2-3-9-15/h12H,1-11H2,(H,16,17)(H,18,19). The highest BCUT2D eigenvalue weighted by atomic mass is 16.5. The van der Waals surface area contributed by atoms with E-state index in [2.05, 4.69) is 5.32 Å². The van der Waals surface area contributed by atoms with Crippen molar-refractivity contribution in [2.45, 2.75) is 75.9 Å². The molecule has 0 radical (unpaired) electrons. The van der Waals surface area contributed by atoms with E-state index in [1.165, 1.54) is 6.42 Å². The molecule has 1 saturated carbocycles. The van der Waals surface area contributed by atoms with Gasteiger partial charge in [-0.2, -0.15) is 0 Å². The van der Waals surface area contributed by atoms with Crippen molar-refractivity contribution in [3.8, 4) is 0 Å². The van der Waals surface area contributed by atoms with Crippen molar-refractivity contribution in [1.82, 2.24) is 5.32 Å². The summed E-state index contributed by atoms with van der Waals surface area (Å²) in [6, 6.07) is 0. The van der Waals surface area contributed by atoms with Crippen LogP contribution < -0.4 is 5.32 Å². The van der Waals surface area contributed by atoms with E-state index in [4.69, 9.17) is 9.84 Å². The molecule has 1 atom stereocenters. The van der Waals surface area contributed by atoms with E-state index in [9.17, 15) is 9.59 Å². The summed E-state index contributed by atoms with van der Waals surface area (Å²) in [7, 11) is 0. The van der Waals surface area contributed by atoms with Crippen LogP contribution in [0.2, 0.25) is 0 Å². The van der Waals surface area contributed by atoms with Gasteiger partial charge in [0.15, 0.2) is 0 Å². The lowest BCUT2D eigenvalue weighted by molar-refractivity contribution is -0.139. The van der Waals surface area contributed by atoms with Gasteiger partial charge in [-0.25, -0.2) is 0 Å². The molecular formula is C15H25NO4. The third-order valence-electron chi connectivity index (χ3n) is 4.42.